The average molecular weight is 304 g/mol. The number of anilines is 1. The summed E-state index contributed by atoms with van der Waals surface area (Å²) in [6.07, 6.45) is 1.03. The highest BCUT2D eigenvalue weighted by Gasteiger charge is 2.19. The third-order valence-electron chi connectivity index (χ3n) is 3.84. The van der Waals surface area contributed by atoms with E-state index in [0.717, 1.165) is 23.4 Å². The Morgan fingerprint density at radius 3 is 2.57 bits per heavy atom. The first-order valence-corrected chi connectivity index (χ1v) is 8.10. The zero-order valence-electron chi connectivity index (χ0n) is 13.2. The Morgan fingerprint density at radius 2 is 2.00 bits per heavy atom. The number of hydrogen-bond acceptors (Lipinski definition) is 4. The molecule has 0 aliphatic heterocycles. The van der Waals surface area contributed by atoms with Crippen molar-refractivity contribution in [1.82, 2.24) is 0 Å². The molecule has 0 spiro atoms. The highest BCUT2D eigenvalue weighted by atomic mass is 32.1. The summed E-state index contributed by atoms with van der Waals surface area (Å²) < 4.78 is 5.48. The van der Waals surface area contributed by atoms with Gasteiger partial charge in [-0.05, 0) is 37.4 Å². The van der Waals surface area contributed by atoms with Crippen molar-refractivity contribution in [3.05, 3.63) is 46.2 Å². The average Bonchev–Trinajstić information content (AvgIpc) is 2.98. The van der Waals surface area contributed by atoms with Crippen molar-refractivity contribution in [2.24, 2.45) is 5.73 Å². The monoisotopic (exact) mass is 304 g/mol. The smallest absolute Gasteiger partial charge is 0.125 e. The lowest BCUT2D eigenvalue weighted by molar-refractivity contribution is 0.407. The summed E-state index contributed by atoms with van der Waals surface area (Å²) in [5.74, 6) is 0.859. The number of thiophene rings is 1. The van der Waals surface area contributed by atoms with Crippen molar-refractivity contribution in [2.75, 3.05) is 19.1 Å². The predicted molar refractivity (Wildman–Crippen MR) is 91.5 cm³/mol. The van der Waals surface area contributed by atoms with E-state index in [2.05, 4.69) is 42.5 Å². The number of ether oxygens (including phenoxy) is 1. The summed E-state index contributed by atoms with van der Waals surface area (Å²) >= 11 is 1.81. The van der Waals surface area contributed by atoms with E-state index in [0.29, 0.717) is 6.04 Å². The lowest BCUT2D eigenvalue weighted by atomic mass is 10.0. The van der Waals surface area contributed by atoms with Crippen LogP contribution in [0.15, 0.2) is 35.7 Å². The van der Waals surface area contributed by atoms with Gasteiger partial charge in [-0.15, -0.1) is 11.3 Å². The van der Waals surface area contributed by atoms with Gasteiger partial charge in [0.15, 0.2) is 0 Å². The minimum atomic E-state index is -0.0625. The van der Waals surface area contributed by atoms with Gasteiger partial charge in [0.1, 0.15) is 5.75 Å². The predicted octanol–water partition coefficient (Wildman–Crippen LogP) is 3.84. The van der Waals surface area contributed by atoms with Gasteiger partial charge in [0, 0.05) is 41.7 Å². The highest BCUT2D eigenvalue weighted by Crippen LogP contribution is 2.34. The zero-order valence-corrected chi connectivity index (χ0v) is 14.0. The molecule has 0 aliphatic rings. The number of hydrogen-bond donors (Lipinski definition) is 1. The van der Waals surface area contributed by atoms with Crippen LogP contribution in [0.4, 0.5) is 5.69 Å². The molecule has 2 aromatic rings. The quantitative estimate of drug-likeness (QED) is 0.881. The first-order valence-electron chi connectivity index (χ1n) is 7.22. The van der Waals surface area contributed by atoms with Crippen molar-refractivity contribution in [3.8, 4) is 5.75 Å². The van der Waals surface area contributed by atoms with Gasteiger partial charge in [-0.3, -0.25) is 0 Å². The Morgan fingerprint density at radius 1 is 1.24 bits per heavy atom. The fourth-order valence-corrected chi connectivity index (χ4v) is 3.40. The Labute approximate surface area is 131 Å². The molecule has 2 N–H and O–H groups in total. The third kappa shape index (κ3) is 3.57. The zero-order chi connectivity index (χ0) is 15.4. The molecule has 0 aliphatic carbocycles. The summed E-state index contributed by atoms with van der Waals surface area (Å²) in [5.41, 5.74) is 8.38. The van der Waals surface area contributed by atoms with Crippen molar-refractivity contribution in [3.63, 3.8) is 0 Å². The summed E-state index contributed by atoms with van der Waals surface area (Å²) in [4.78, 5) is 3.69. The van der Waals surface area contributed by atoms with Crippen LogP contribution in [-0.4, -0.2) is 20.2 Å². The summed E-state index contributed by atoms with van der Waals surface area (Å²) in [6, 6.07) is 10.7. The van der Waals surface area contributed by atoms with Crippen LogP contribution in [0.25, 0.3) is 0 Å². The second-order valence-corrected chi connectivity index (χ2v) is 6.46. The van der Waals surface area contributed by atoms with Gasteiger partial charge in [0.05, 0.1) is 7.11 Å². The number of rotatable bonds is 6. The van der Waals surface area contributed by atoms with Gasteiger partial charge in [-0.25, -0.2) is 0 Å². The second kappa shape index (κ2) is 6.96. The van der Waals surface area contributed by atoms with Crippen molar-refractivity contribution in [2.45, 2.75) is 32.4 Å². The number of nitrogens with two attached hydrogens (primary N) is 1. The molecule has 0 amide bonds. The number of methoxy groups -OCH3 is 1. The molecule has 4 heteroatoms. The molecule has 114 valence electrons. The first kappa shape index (κ1) is 15.9. The Hall–Kier alpha value is -1.52. The molecule has 0 bridgehead atoms. The van der Waals surface area contributed by atoms with Gasteiger partial charge in [-0.2, -0.15) is 0 Å². The SMILES string of the molecule is COc1cccc(N(C)C(C)Cc2cccs2)c1C(C)N. The van der Waals surface area contributed by atoms with Crippen LogP contribution in [0.3, 0.4) is 0 Å². The molecule has 1 heterocycles. The molecular formula is C17H24N2OS. The standard InChI is InChI=1S/C17H24N2OS/c1-12(11-14-7-6-10-21-14)19(3)15-8-5-9-16(20-4)17(15)13(2)18/h5-10,12-13H,11,18H2,1-4H3. The van der Waals surface area contributed by atoms with Crippen LogP contribution >= 0.6 is 11.3 Å². The first-order chi connectivity index (χ1) is 10.0. The van der Waals surface area contributed by atoms with Gasteiger partial charge in [0.2, 0.25) is 0 Å². The van der Waals surface area contributed by atoms with E-state index < -0.39 is 0 Å². The highest BCUT2D eigenvalue weighted by molar-refractivity contribution is 7.09. The van der Waals surface area contributed by atoms with Crippen LogP contribution in [0.2, 0.25) is 0 Å². The maximum atomic E-state index is 6.16. The minimum Gasteiger partial charge on any atom is -0.496 e. The molecule has 0 fully saturated rings. The summed E-state index contributed by atoms with van der Waals surface area (Å²) in [6.45, 7) is 4.24. The summed E-state index contributed by atoms with van der Waals surface area (Å²) in [5, 5.41) is 2.13. The van der Waals surface area contributed by atoms with Crippen molar-refractivity contribution >= 4 is 17.0 Å². The molecule has 0 saturated heterocycles. The largest absolute Gasteiger partial charge is 0.496 e. The molecule has 2 atom stereocenters. The van der Waals surface area contributed by atoms with E-state index in [1.54, 1.807) is 18.4 Å². The molecule has 2 unspecified atom stereocenters. The van der Waals surface area contributed by atoms with E-state index in [1.165, 1.54) is 4.88 Å². The molecule has 3 nitrogen and oxygen atoms in total. The van der Waals surface area contributed by atoms with E-state index in [1.807, 2.05) is 19.1 Å². The number of nitrogens with zero attached hydrogens (tertiary/aromatic N) is 1. The fourth-order valence-electron chi connectivity index (χ4n) is 2.57. The van der Waals surface area contributed by atoms with Crippen molar-refractivity contribution < 1.29 is 4.74 Å². The van der Waals surface area contributed by atoms with Crippen LogP contribution in [0.1, 0.15) is 30.3 Å². The van der Waals surface area contributed by atoms with E-state index in [-0.39, 0.29) is 6.04 Å². The number of likely N-dealkylation sites (N-methyl/N-ethyl adjacent to an activating group) is 1. The topological polar surface area (TPSA) is 38.5 Å². The van der Waals surface area contributed by atoms with Crippen LogP contribution < -0.4 is 15.4 Å². The van der Waals surface area contributed by atoms with Gasteiger partial charge in [-0.1, -0.05) is 12.1 Å². The molecular weight excluding hydrogens is 280 g/mol. The number of benzene rings is 1. The maximum absolute atomic E-state index is 6.16. The lowest BCUT2D eigenvalue weighted by Crippen LogP contribution is -2.32. The van der Waals surface area contributed by atoms with Gasteiger partial charge < -0.3 is 15.4 Å². The molecule has 1 aromatic heterocycles. The van der Waals surface area contributed by atoms with E-state index >= 15 is 0 Å². The van der Waals surface area contributed by atoms with Crippen LogP contribution in [0, 0.1) is 0 Å². The van der Waals surface area contributed by atoms with Gasteiger partial charge >= 0.3 is 0 Å². The Bertz CT molecular complexity index is 566. The van der Waals surface area contributed by atoms with Crippen LogP contribution in [0.5, 0.6) is 5.75 Å². The van der Waals surface area contributed by atoms with Crippen molar-refractivity contribution in [1.29, 1.82) is 0 Å². The minimum absolute atomic E-state index is 0.0625. The summed E-state index contributed by atoms with van der Waals surface area (Å²) in [7, 11) is 3.82. The Kier molecular flexibility index (Phi) is 5.26. The Balaban J connectivity index is 2.27. The van der Waals surface area contributed by atoms with Gasteiger partial charge in [0.25, 0.3) is 0 Å². The molecule has 0 radical (unpaired) electrons. The fraction of sp³-hybridized carbons (Fsp3) is 0.412. The molecule has 1 aromatic carbocycles. The second-order valence-electron chi connectivity index (χ2n) is 5.43. The lowest BCUT2D eigenvalue weighted by Gasteiger charge is -2.30. The normalized spacial score (nSPS) is 13.8. The molecule has 2 rings (SSSR count). The third-order valence-corrected chi connectivity index (χ3v) is 4.73. The van der Waals surface area contributed by atoms with E-state index in [9.17, 15) is 0 Å². The molecule has 21 heavy (non-hydrogen) atoms. The molecule has 0 saturated carbocycles. The maximum Gasteiger partial charge on any atom is 0.125 e. The van der Waals surface area contributed by atoms with E-state index in [4.69, 9.17) is 10.5 Å². The van der Waals surface area contributed by atoms with Crippen LogP contribution in [-0.2, 0) is 6.42 Å².